The van der Waals surface area contributed by atoms with Crippen LogP contribution in [-0.4, -0.2) is 52.4 Å². The predicted octanol–water partition coefficient (Wildman–Crippen LogP) is 5.22. The zero-order valence-corrected chi connectivity index (χ0v) is 26.1. The van der Waals surface area contributed by atoms with E-state index in [0.29, 0.717) is 12.0 Å². The minimum absolute atomic E-state index is 0.270. The van der Waals surface area contributed by atoms with Gasteiger partial charge < -0.3 is 26.0 Å². The minimum Gasteiger partial charge on any atom is -0.444 e. The van der Waals surface area contributed by atoms with Crippen molar-refractivity contribution in [2.75, 3.05) is 6.54 Å². The molecule has 0 aliphatic carbocycles. The summed E-state index contributed by atoms with van der Waals surface area (Å²) in [4.78, 5) is 54.2. The van der Waals surface area contributed by atoms with Gasteiger partial charge in [-0.1, -0.05) is 62.8 Å². The molecule has 1 aromatic rings. The average molecular weight is 561 g/mol. The molecule has 0 aliphatic heterocycles. The molecule has 2 atom stereocenters. The second-order valence-corrected chi connectivity index (χ2v) is 12.7. The Hall–Kier alpha value is -3.10. The van der Waals surface area contributed by atoms with E-state index in [2.05, 4.69) is 17.6 Å². The number of rotatable bonds is 14. The van der Waals surface area contributed by atoms with Gasteiger partial charge in [0, 0.05) is 12.1 Å². The van der Waals surface area contributed by atoms with Gasteiger partial charge in [0.15, 0.2) is 0 Å². The lowest BCUT2D eigenvalue weighted by Crippen LogP contribution is -2.55. The summed E-state index contributed by atoms with van der Waals surface area (Å²) in [6.45, 7) is 17.0. The fourth-order valence-corrected chi connectivity index (χ4v) is 4.42. The van der Waals surface area contributed by atoms with E-state index >= 15 is 0 Å². The van der Waals surface area contributed by atoms with Crippen LogP contribution < -0.4 is 16.4 Å². The zero-order chi connectivity index (χ0) is 30.7. The number of amides is 4. The van der Waals surface area contributed by atoms with Crippen LogP contribution >= 0.6 is 0 Å². The molecule has 0 heterocycles. The Morgan fingerprint density at radius 2 is 1.55 bits per heavy atom. The van der Waals surface area contributed by atoms with Crippen LogP contribution in [0.4, 0.5) is 4.79 Å². The van der Waals surface area contributed by atoms with Gasteiger partial charge >= 0.3 is 6.09 Å². The van der Waals surface area contributed by atoms with E-state index in [0.717, 1.165) is 43.2 Å². The number of carbonyl (C=O) groups excluding carboxylic acids is 4. The fourth-order valence-electron chi connectivity index (χ4n) is 4.42. The van der Waals surface area contributed by atoms with Gasteiger partial charge in [-0.15, -0.1) is 0 Å². The van der Waals surface area contributed by atoms with Crippen molar-refractivity contribution < 1.29 is 23.9 Å². The molecule has 0 aromatic heterocycles. The van der Waals surface area contributed by atoms with Crippen molar-refractivity contribution in [3.05, 3.63) is 34.9 Å². The summed E-state index contributed by atoms with van der Waals surface area (Å²) in [6, 6.07) is 3.53. The third kappa shape index (κ3) is 12.8. The minimum atomic E-state index is -1.29. The Morgan fingerprint density at radius 1 is 0.950 bits per heavy atom. The van der Waals surface area contributed by atoms with Crippen LogP contribution in [0.1, 0.15) is 116 Å². The lowest BCUT2D eigenvalue weighted by molar-refractivity contribution is -0.144. The highest BCUT2D eigenvalue weighted by Crippen LogP contribution is 2.28. The molecule has 2 unspecified atom stereocenters. The Labute approximate surface area is 241 Å². The SMILES string of the molecule is CCCCCCCCN(C(=O)C(CC(N)=O)NC(=O)OC(C)(C)C)C(C(=O)NC(C)(C)C)c1cc(C)ccc1C. The summed E-state index contributed by atoms with van der Waals surface area (Å²) >= 11 is 0. The first-order valence-corrected chi connectivity index (χ1v) is 14.4. The molecule has 9 nitrogen and oxygen atoms in total. The first-order valence-electron chi connectivity index (χ1n) is 14.4. The van der Waals surface area contributed by atoms with Gasteiger partial charge in [-0.05, 0) is 72.9 Å². The number of aryl methyl sites for hydroxylation is 2. The van der Waals surface area contributed by atoms with Crippen molar-refractivity contribution in [2.45, 2.75) is 130 Å². The maximum atomic E-state index is 14.2. The van der Waals surface area contributed by atoms with Gasteiger partial charge in [0.1, 0.15) is 17.7 Å². The van der Waals surface area contributed by atoms with Crippen LogP contribution in [0, 0.1) is 13.8 Å². The first kappa shape index (κ1) is 34.9. The number of alkyl carbamates (subject to hydrolysis) is 1. The van der Waals surface area contributed by atoms with E-state index in [1.807, 2.05) is 52.8 Å². The number of primary amides is 1. The average Bonchev–Trinajstić information content (AvgIpc) is 2.79. The van der Waals surface area contributed by atoms with Gasteiger partial charge in [0.05, 0.1) is 6.42 Å². The number of hydrogen-bond donors (Lipinski definition) is 3. The molecule has 1 aromatic carbocycles. The molecule has 4 amide bonds. The van der Waals surface area contributed by atoms with E-state index in [9.17, 15) is 19.2 Å². The summed E-state index contributed by atoms with van der Waals surface area (Å²) in [5.41, 5.74) is 6.62. The monoisotopic (exact) mass is 560 g/mol. The molecule has 40 heavy (non-hydrogen) atoms. The van der Waals surface area contributed by atoms with Crippen LogP contribution in [0.25, 0.3) is 0 Å². The van der Waals surface area contributed by atoms with Crippen molar-refractivity contribution in [3.8, 4) is 0 Å². The maximum absolute atomic E-state index is 14.2. The number of benzene rings is 1. The van der Waals surface area contributed by atoms with Crippen LogP contribution in [0.2, 0.25) is 0 Å². The largest absolute Gasteiger partial charge is 0.444 e. The Kier molecular flexibility index (Phi) is 13.6. The van der Waals surface area contributed by atoms with E-state index < -0.39 is 47.6 Å². The molecule has 0 spiro atoms. The van der Waals surface area contributed by atoms with Gasteiger partial charge in [-0.25, -0.2) is 4.79 Å². The van der Waals surface area contributed by atoms with Gasteiger partial charge in [0.2, 0.25) is 17.7 Å². The highest BCUT2D eigenvalue weighted by molar-refractivity contribution is 5.94. The molecule has 9 heteroatoms. The summed E-state index contributed by atoms with van der Waals surface area (Å²) in [7, 11) is 0. The molecule has 226 valence electrons. The van der Waals surface area contributed by atoms with E-state index in [4.69, 9.17) is 10.5 Å². The quantitative estimate of drug-likeness (QED) is 0.269. The van der Waals surface area contributed by atoms with Gasteiger partial charge in [-0.3, -0.25) is 14.4 Å². The van der Waals surface area contributed by atoms with Crippen molar-refractivity contribution in [3.63, 3.8) is 0 Å². The fraction of sp³-hybridized carbons (Fsp3) is 0.677. The molecule has 0 aliphatic rings. The highest BCUT2D eigenvalue weighted by Gasteiger charge is 2.38. The number of nitrogens with zero attached hydrogens (tertiary/aromatic N) is 1. The van der Waals surface area contributed by atoms with Crippen molar-refractivity contribution >= 4 is 23.8 Å². The third-order valence-electron chi connectivity index (χ3n) is 6.22. The zero-order valence-electron chi connectivity index (χ0n) is 26.1. The van der Waals surface area contributed by atoms with E-state index in [1.165, 1.54) is 4.90 Å². The molecule has 4 N–H and O–H groups in total. The predicted molar refractivity (Wildman–Crippen MR) is 159 cm³/mol. The second kappa shape index (κ2) is 15.6. The number of unbranched alkanes of at least 4 members (excludes halogenated alkanes) is 5. The number of carbonyl (C=O) groups is 4. The summed E-state index contributed by atoms with van der Waals surface area (Å²) in [6.07, 6.45) is 4.65. The Morgan fingerprint density at radius 3 is 2.10 bits per heavy atom. The topological polar surface area (TPSA) is 131 Å². The Balaban J connectivity index is 3.57. The molecule has 0 saturated carbocycles. The molecule has 0 radical (unpaired) electrons. The maximum Gasteiger partial charge on any atom is 0.408 e. The van der Waals surface area contributed by atoms with E-state index in [1.54, 1.807) is 20.8 Å². The normalized spacial score (nSPS) is 13.2. The second-order valence-electron chi connectivity index (χ2n) is 12.7. The van der Waals surface area contributed by atoms with Crippen LogP contribution in [0.15, 0.2) is 18.2 Å². The summed E-state index contributed by atoms with van der Waals surface area (Å²) in [5.74, 6) is -1.65. The molecule has 1 rings (SSSR count). The van der Waals surface area contributed by atoms with Crippen molar-refractivity contribution in [1.82, 2.24) is 15.5 Å². The molecular formula is C31H52N4O5. The van der Waals surface area contributed by atoms with Gasteiger partial charge in [0.25, 0.3) is 0 Å². The molecule has 0 fully saturated rings. The third-order valence-corrected chi connectivity index (χ3v) is 6.22. The molecule has 0 saturated heterocycles. The van der Waals surface area contributed by atoms with Crippen LogP contribution in [0.5, 0.6) is 0 Å². The summed E-state index contributed by atoms with van der Waals surface area (Å²) < 4.78 is 5.36. The van der Waals surface area contributed by atoms with E-state index in [-0.39, 0.29) is 12.5 Å². The smallest absolute Gasteiger partial charge is 0.408 e. The van der Waals surface area contributed by atoms with Crippen molar-refractivity contribution in [2.24, 2.45) is 5.73 Å². The highest BCUT2D eigenvalue weighted by atomic mass is 16.6. The standard InChI is InChI=1S/C31H52N4O5/c1-10-11-12-13-14-15-18-35(28(38)24(20-25(32)36)33-29(39)40-31(7,8)9)26(27(37)34-30(4,5)6)23-19-21(2)16-17-22(23)3/h16-17,19,24,26H,10-15,18,20H2,1-9H3,(H2,32,36)(H,33,39)(H,34,37). The first-order chi connectivity index (χ1) is 18.4. The Bertz CT molecular complexity index is 1010. The summed E-state index contributed by atoms with van der Waals surface area (Å²) in [5, 5.41) is 5.57. The van der Waals surface area contributed by atoms with Crippen molar-refractivity contribution in [1.29, 1.82) is 0 Å². The number of nitrogens with one attached hydrogen (secondary N) is 2. The number of ether oxygens (including phenoxy) is 1. The number of hydrogen-bond acceptors (Lipinski definition) is 5. The lowest BCUT2D eigenvalue weighted by atomic mass is 9.94. The van der Waals surface area contributed by atoms with Gasteiger partial charge in [-0.2, -0.15) is 0 Å². The lowest BCUT2D eigenvalue weighted by Gasteiger charge is -2.36. The molecule has 0 bridgehead atoms. The molecular weight excluding hydrogens is 508 g/mol. The van der Waals surface area contributed by atoms with Crippen LogP contribution in [0.3, 0.4) is 0 Å². The number of nitrogens with two attached hydrogens (primary N) is 1. The van der Waals surface area contributed by atoms with Crippen LogP contribution in [-0.2, 0) is 19.1 Å².